The van der Waals surface area contributed by atoms with Gasteiger partial charge in [-0.2, -0.15) is 0 Å². The van der Waals surface area contributed by atoms with Crippen LogP contribution >= 0.6 is 22.9 Å². The Kier molecular flexibility index (Phi) is 5.77. The van der Waals surface area contributed by atoms with Crippen molar-refractivity contribution >= 4 is 33.2 Å². The number of hydrogen-bond acceptors (Lipinski definition) is 5. The third-order valence-electron chi connectivity index (χ3n) is 7.11. The number of fused-ring (bicyclic) bond motifs is 2. The molecule has 2 unspecified atom stereocenters. The molecule has 7 heteroatoms. The van der Waals surface area contributed by atoms with E-state index < -0.39 is 0 Å². The molecular formula is C27H26ClN3O2S. The van der Waals surface area contributed by atoms with Crippen molar-refractivity contribution in [1.29, 1.82) is 0 Å². The highest BCUT2D eigenvalue weighted by Gasteiger charge is 2.24. The van der Waals surface area contributed by atoms with Crippen LogP contribution in [0.5, 0.6) is 0 Å². The fraction of sp³-hybridized carbons (Fsp3) is 0.333. The largest absolute Gasteiger partial charge is 0.392 e. The van der Waals surface area contributed by atoms with Gasteiger partial charge >= 0.3 is 0 Å². The Morgan fingerprint density at radius 3 is 2.74 bits per heavy atom. The van der Waals surface area contributed by atoms with Gasteiger partial charge in [0.1, 0.15) is 4.70 Å². The van der Waals surface area contributed by atoms with Crippen LogP contribution < -0.4 is 5.56 Å². The highest BCUT2D eigenvalue weighted by Crippen LogP contribution is 2.33. The van der Waals surface area contributed by atoms with Crippen molar-refractivity contribution in [3.05, 3.63) is 86.9 Å². The molecule has 1 aliphatic heterocycles. The molecule has 0 amide bonds. The fourth-order valence-electron chi connectivity index (χ4n) is 5.28. The Labute approximate surface area is 207 Å². The van der Waals surface area contributed by atoms with Crippen LogP contribution in [0.1, 0.15) is 35.6 Å². The average Bonchev–Trinajstić information content (AvgIpc) is 3.46. The first kappa shape index (κ1) is 22.0. The monoisotopic (exact) mass is 491 g/mol. The molecule has 0 radical (unpaired) electrons. The van der Waals surface area contributed by atoms with Crippen LogP contribution in [0.4, 0.5) is 0 Å². The molecule has 1 saturated heterocycles. The second-order valence-electron chi connectivity index (χ2n) is 9.47. The summed E-state index contributed by atoms with van der Waals surface area (Å²) in [5.41, 5.74) is 5.86. The smallest absolute Gasteiger partial charge is 0.271 e. The molecule has 34 heavy (non-hydrogen) atoms. The van der Waals surface area contributed by atoms with Crippen LogP contribution in [0.15, 0.2) is 59.7 Å². The zero-order valence-electron chi connectivity index (χ0n) is 18.8. The number of aliphatic hydroxyl groups is 1. The molecule has 2 aliphatic rings. The lowest BCUT2D eigenvalue weighted by atomic mass is 9.87. The number of hydrogen-bond donors (Lipinski definition) is 1. The predicted molar refractivity (Wildman–Crippen MR) is 138 cm³/mol. The van der Waals surface area contributed by atoms with Gasteiger partial charge in [0.2, 0.25) is 0 Å². The van der Waals surface area contributed by atoms with Crippen LogP contribution in [0.3, 0.4) is 0 Å². The molecule has 6 rings (SSSR count). The number of likely N-dealkylation sites (tertiary alicyclic amines) is 1. The van der Waals surface area contributed by atoms with Gasteiger partial charge in [-0.1, -0.05) is 41.9 Å². The van der Waals surface area contributed by atoms with E-state index in [1.807, 2.05) is 34.9 Å². The molecule has 1 N–H and O–H groups in total. The maximum absolute atomic E-state index is 13.4. The first-order valence-electron chi connectivity index (χ1n) is 11.8. The predicted octanol–water partition coefficient (Wildman–Crippen LogP) is 5.08. The number of aryl methyl sites for hydroxylation is 1. The molecule has 1 aliphatic carbocycles. The van der Waals surface area contributed by atoms with Gasteiger partial charge in [-0.15, -0.1) is 11.3 Å². The Morgan fingerprint density at radius 2 is 1.94 bits per heavy atom. The van der Waals surface area contributed by atoms with E-state index in [2.05, 4.69) is 28.1 Å². The van der Waals surface area contributed by atoms with Crippen LogP contribution in [0.2, 0.25) is 5.02 Å². The van der Waals surface area contributed by atoms with Gasteiger partial charge in [0, 0.05) is 35.6 Å². The van der Waals surface area contributed by atoms with Gasteiger partial charge in [0.15, 0.2) is 0 Å². The Balaban J connectivity index is 1.24. The standard InChI is InChI=1S/C27H26ClN3O2S/c28-21-6-3-18(4-7-21)25-13-24-26(34-25)27(33)31(16-29-24)22-8-5-19-11-17(1-2-20(19)12-22)14-30-10-9-23(32)15-30/h1-4,6-7,11,13,16,22-23,32H,5,8-10,12,14-15H2. The maximum atomic E-state index is 13.4. The SMILES string of the molecule is O=c1c2sc(-c3ccc(Cl)cc3)cc2ncn1C1CCc2cc(CN3CCC(O)C3)ccc2C1. The summed E-state index contributed by atoms with van der Waals surface area (Å²) in [5.74, 6) is 0. The summed E-state index contributed by atoms with van der Waals surface area (Å²) >= 11 is 7.53. The highest BCUT2D eigenvalue weighted by molar-refractivity contribution is 7.22. The highest BCUT2D eigenvalue weighted by atomic mass is 35.5. The molecule has 0 spiro atoms. The Hall–Kier alpha value is -2.51. The summed E-state index contributed by atoms with van der Waals surface area (Å²) in [6, 6.07) is 16.5. The number of thiophene rings is 1. The van der Waals surface area contributed by atoms with Crippen LogP contribution in [0.25, 0.3) is 20.7 Å². The van der Waals surface area contributed by atoms with E-state index in [1.165, 1.54) is 28.0 Å². The van der Waals surface area contributed by atoms with Crippen LogP contribution in [0, 0.1) is 0 Å². The number of aliphatic hydroxyl groups excluding tert-OH is 1. The van der Waals surface area contributed by atoms with E-state index in [4.69, 9.17) is 11.6 Å². The van der Waals surface area contributed by atoms with Gasteiger partial charge in [0.25, 0.3) is 5.56 Å². The van der Waals surface area contributed by atoms with Crippen molar-refractivity contribution in [3.63, 3.8) is 0 Å². The molecule has 0 saturated carbocycles. The minimum absolute atomic E-state index is 0.0490. The Morgan fingerprint density at radius 1 is 1.09 bits per heavy atom. The summed E-state index contributed by atoms with van der Waals surface area (Å²) in [6.45, 7) is 2.61. The maximum Gasteiger partial charge on any atom is 0.271 e. The number of β-amino-alcohol motifs (C(OH)–C–C–N with tert-alkyl or cyclic N) is 1. The molecule has 2 aromatic carbocycles. The van der Waals surface area contributed by atoms with E-state index in [-0.39, 0.29) is 17.7 Å². The lowest BCUT2D eigenvalue weighted by molar-refractivity contribution is 0.175. The lowest BCUT2D eigenvalue weighted by Crippen LogP contribution is -2.28. The number of benzene rings is 2. The lowest BCUT2D eigenvalue weighted by Gasteiger charge is -2.27. The summed E-state index contributed by atoms with van der Waals surface area (Å²) < 4.78 is 2.55. The molecule has 4 aromatic rings. The first-order chi connectivity index (χ1) is 16.5. The molecule has 174 valence electrons. The van der Waals surface area contributed by atoms with E-state index in [0.29, 0.717) is 9.72 Å². The van der Waals surface area contributed by atoms with Gasteiger partial charge in [0.05, 0.1) is 17.9 Å². The van der Waals surface area contributed by atoms with Crippen LogP contribution in [-0.2, 0) is 19.4 Å². The quantitative estimate of drug-likeness (QED) is 0.432. The van der Waals surface area contributed by atoms with E-state index in [1.54, 1.807) is 6.33 Å². The zero-order chi connectivity index (χ0) is 23.2. The number of nitrogens with zero attached hydrogens (tertiary/aromatic N) is 3. The second kappa shape index (κ2) is 8.93. The summed E-state index contributed by atoms with van der Waals surface area (Å²) in [7, 11) is 0. The number of aromatic nitrogens is 2. The minimum atomic E-state index is -0.187. The van der Waals surface area contributed by atoms with Crippen molar-refractivity contribution < 1.29 is 5.11 Å². The third kappa shape index (κ3) is 4.20. The van der Waals surface area contributed by atoms with E-state index in [9.17, 15) is 9.90 Å². The van der Waals surface area contributed by atoms with Gasteiger partial charge in [-0.3, -0.25) is 14.3 Å². The summed E-state index contributed by atoms with van der Waals surface area (Å²) in [5, 5.41) is 10.5. The summed E-state index contributed by atoms with van der Waals surface area (Å²) in [6.07, 6.45) is 5.15. The average molecular weight is 492 g/mol. The molecular weight excluding hydrogens is 466 g/mol. The van der Waals surface area contributed by atoms with Gasteiger partial charge in [-0.25, -0.2) is 4.98 Å². The fourth-order valence-corrected chi connectivity index (χ4v) is 6.46. The number of halogens is 1. The van der Waals surface area contributed by atoms with Gasteiger partial charge < -0.3 is 5.11 Å². The zero-order valence-corrected chi connectivity index (χ0v) is 20.4. The summed E-state index contributed by atoms with van der Waals surface area (Å²) in [4.78, 5) is 21.4. The minimum Gasteiger partial charge on any atom is -0.392 e. The molecule has 2 aromatic heterocycles. The van der Waals surface area contributed by atoms with Crippen molar-refractivity contribution in [3.8, 4) is 10.4 Å². The van der Waals surface area contributed by atoms with Crippen molar-refractivity contribution in [2.24, 2.45) is 0 Å². The molecule has 5 nitrogen and oxygen atoms in total. The van der Waals surface area contributed by atoms with Crippen molar-refractivity contribution in [2.75, 3.05) is 13.1 Å². The van der Waals surface area contributed by atoms with E-state index >= 15 is 0 Å². The van der Waals surface area contributed by atoms with Crippen molar-refractivity contribution in [1.82, 2.24) is 14.5 Å². The first-order valence-corrected chi connectivity index (χ1v) is 13.0. The number of rotatable bonds is 4. The van der Waals surface area contributed by atoms with Crippen LogP contribution in [-0.4, -0.2) is 38.8 Å². The topological polar surface area (TPSA) is 58.4 Å². The van der Waals surface area contributed by atoms with E-state index in [0.717, 1.165) is 61.3 Å². The van der Waals surface area contributed by atoms with Crippen molar-refractivity contribution in [2.45, 2.75) is 44.4 Å². The Bertz CT molecular complexity index is 1410. The second-order valence-corrected chi connectivity index (χ2v) is 11.0. The molecule has 0 bridgehead atoms. The molecule has 2 atom stereocenters. The molecule has 3 heterocycles. The third-order valence-corrected chi connectivity index (χ3v) is 8.52. The van der Waals surface area contributed by atoms with Gasteiger partial charge in [-0.05, 0) is 66.1 Å². The normalized spacial score (nSPS) is 20.6. The molecule has 1 fully saturated rings.